The maximum absolute atomic E-state index is 13.5. The fourth-order valence-electron chi connectivity index (χ4n) is 1.51. The van der Waals surface area contributed by atoms with Crippen LogP contribution in [0.4, 0.5) is 8.78 Å². The molecule has 2 aromatic carbocycles. The second-order valence-corrected chi connectivity index (χ2v) is 3.75. The van der Waals surface area contributed by atoms with Gasteiger partial charge in [0.15, 0.2) is 11.6 Å². The van der Waals surface area contributed by atoms with E-state index in [1.165, 1.54) is 25.3 Å². The Morgan fingerprint density at radius 1 is 1.24 bits per heavy atom. The second-order valence-electron chi connectivity index (χ2n) is 3.37. The molecule has 17 heavy (non-hydrogen) atoms. The van der Waals surface area contributed by atoms with Crippen LogP contribution in [0.5, 0.6) is 5.75 Å². The molecule has 1 nitrogen and oxygen atoms in total. The fraction of sp³-hybridized carbons (Fsp3) is 0.0769. The minimum atomic E-state index is -0.652. The standard InChI is InChI=1S/C13H8ClF2O/c1-17-12-6-5-8(7-11(12)16)9-3-2-4-10(15)13(9)14/h2-3,5-7H,1H3. The summed E-state index contributed by atoms with van der Waals surface area (Å²) in [6, 6.07) is 9.64. The number of hydrogen-bond acceptors (Lipinski definition) is 1. The molecule has 0 atom stereocenters. The van der Waals surface area contributed by atoms with Gasteiger partial charge in [-0.3, -0.25) is 0 Å². The zero-order valence-electron chi connectivity index (χ0n) is 8.93. The summed E-state index contributed by atoms with van der Waals surface area (Å²) in [6.07, 6.45) is 0. The van der Waals surface area contributed by atoms with Crippen molar-refractivity contribution in [1.29, 1.82) is 0 Å². The molecule has 2 rings (SSSR count). The van der Waals surface area contributed by atoms with Crippen LogP contribution in [0.25, 0.3) is 11.1 Å². The molecule has 0 N–H and O–H groups in total. The van der Waals surface area contributed by atoms with E-state index in [2.05, 4.69) is 6.07 Å². The summed E-state index contributed by atoms with van der Waals surface area (Å²) in [5.41, 5.74) is 0.908. The Morgan fingerprint density at radius 3 is 2.65 bits per heavy atom. The van der Waals surface area contributed by atoms with Crippen molar-refractivity contribution in [3.8, 4) is 16.9 Å². The van der Waals surface area contributed by atoms with Crippen molar-refractivity contribution in [2.45, 2.75) is 0 Å². The Labute approximate surface area is 103 Å². The van der Waals surface area contributed by atoms with Gasteiger partial charge < -0.3 is 4.74 Å². The van der Waals surface area contributed by atoms with Crippen LogP contribution in [0.15, 0.2) is 30.3 Å². The number of benzene rings is 2. The van der Waals surface area contributed by atoms with E-state index in [1.54, 1.807) is 12.1 Å². The van der Waals surface area contributed by atoms with Crippen molar-refractivity contribution in [2.75, 3.05) is 7.11 Å². The molecule has 0 aliphatic rings. The lowest BCUT2D eigenvalue weighted by Crippen LogP contribution is -1.90. The molecule has 0 saturated carbocycles. The van der Waals surface area contributed by atoms with E-state index >= 15 is 0 Å². The maximum Gasteiger partial charge on any atom is 0.165 e. The summed E-state index contributed by atoms with van der Waals surface area (Å²) in [5.74, 6) is -1.04. The quantitative estimate of drug-likeness (QED) is 0.783. The summed E-state index contributed by atoms with van der Waals surface area (Å²) in [7, 11) is 1.38. The van der Waals surface area contributed by atoms with E-state index in [0.717, 1.165) is 0 Å². The topological polar surface area (TPSA) is 9.23 Å². The third-order valence-corrected chi connectivity index (χ3v) is 2.72. The van der Waals surface area contributed by atoms with Crippen molar-refractivity contribution >= 4 is 11.6 Å². The van der Waals surface area contributed by atoms with Crippen molar-refractivity contribution in [3.63, 3.8) is 0 Å². The van der Waals surface area contributed by atoms with Crippen LogP contribution in [0.1, 0.15) is 0 Å². The molecular weight excluding hydrogens is 246 g/mol. The molecule has 1 radical (unpaired) electrons. The molecule has 4 heteroatoms. The van der Waals surface area contributed by atoms with Gasteiger partial charge in [0, 0.05) is 11.6 Å². The number of halogens is 3. The Bertz CT molecular complexity index is 555. The van der Waals surface area contributed by atoms with E-state index in [-0.39, 0.29) is 10.8 Å². The Balaban J connectivity index is 2.54. The number of ether oxygens (including phenoxy) is 1. The van der Waals surface area contributed by atoms with Gasteiger partial charge in [-0.2, -0.15) is 0 Å². The molecule has 2 aromatic rings. The molecule has 0 fully saturated rings. The Hall–Kier alpha value is -1.61. The Morgan fingerprint density at radius 2 is 2.00 bits per heavy atom. The molecule has 0 aromatic heterocycles. The SMILES string of the molecule is COc1ccc(-c2cc[c]c(F)c2Cl)cc1F. The summed E-state index contributed by atoms with van der Waals surface area (Å²) in [4.78, 5) is 0. The first kappa shape index (κ1) is 11.9. The molecule has 0 bridgehead atoms. The average Bonchev–Trinajstić information content (AvgIpc) is 2.32. The van der Waals surface area contributed by atoms with E-state index in [4.69, 9.17) is 16.3 Å². The van der Waals surface area contributed by atoms with Gasteiger partial charge >= 0.3 is 0 Å². The molecular formula is C13H8ClF2O. The van der Waals surface area contributed by atoms with E-state index in [0.29, 0.717) is 11.1 Å². The first-order chi connectivity index (χ1) is 8.13. The lowest BCUT2D eigenvalue weighted by atomic mass is 10.1. The number of methoxy groups -OCH3 is 1. The average molecular weight is 254 g/mol. The van der Waals surface area contributed by atoms with Gasteiger partial charge in [-0.15, -0.1) is 0 Å². The van der Waals surface area contributed by atoms with E-state index in [9.17, 15) is 8.78 Å². The highest BCUT2D eigenvalue weighted by atomic mass is 35.5. The minimum absolute atomic E-state index is 0.0722. The van der Waals surface area contributed by atoms with Crippen molar-refractivity contribution in [2.24, 2.45) is 0 Å². The first-order valence-corrected chi connectivity index (χ1v) is 5.21. The molecule has 0 saturated heterocycles. The molecule has 0 aliphatic heterocycles. The summed E-state index contributed by atoms with van der Waals surface area (Å²) in [5, 5.41) is -0.0722. The fourth-order valence-corrected chi connectivity index (χ4v) is 1.74. The summed E-state index contributed by atoms with van der Waals surface area (Å²) >= 11 is 5.79. The van der Waals surface area contributed by atoms with Gasteiger partial charge in [-0.1, -0.05) is 29.8 Å². The normalized spacial score (nSPS) is 10.4. The van der Waals surface area contributed by atoms with Crippen molar-refractivity contribution in [1.82, 2.24) is 0 Å². The monoisotopic (exact) mass is 253 g/mol. The molecule has 0 unspecified atom stereocenters. The molecule has 87 valence electrons. The predicted octanol–water partition coefficient (Wildman–Crippen LogP) is 4.09. The zero-order chi connectivity index (χ0) is 12.4. The Kier molecular flexibility index (Phi) is 3.29. The number of hydrogen-bond donors (Lipinski definition) is 0. The molecule has 0 aliphatic carbocycles. The van der Waals surface area contributed by atoms with Crippen LogP contribution in [-0.2, 0) is 0 Å². The minimum Gasteiger partial charge on any atom is -0.494 e. The molecule has 0 amide bonds. The van der Waals surface area contributed by atoms with E-state index < -0.39 is 11.6 Å². The third kappa shape index (κ3) is 2.24. The van der Waals surface area contributed by atoms with Gasteiger partial charge in [0.05, 0.1) is 12.1 Å². The van der Waals surface area contributed by atoms with Gasteiger partial charge in [0.1, 0.15) is 5.82 Å². The second kappa shape index (κ2) is 4.72. The highest BCUT2D eigenvalue weighted by Gasteiger charge is 2.10. The predicted molar refractivity (Wildman–Crippen MR) is 62.2 cm³/mol. The highest BCUT2D eigenvalue weighted by molar-refractivity contribution is 6.33. The van der Waals surface area contributed by atoms with Crippen LogP contribution in [0.3, 0.4) is 0 Å². The number of rotatable bonds is 2. The smallest absolute Gasteiger partial charge is 0.165 e. The van der Waals surface area contributed by atoms with Crippen LogP contribution < -0.4 is 4.74 Å². The van der Waals surface area contributed by atoms with Gasteiger partial charge in [-0.25, -0.2) is 8.78 Å². The van der Waals surface area contributed by atoms with E-state index in [1.807, 2.05) is 0 Å². The summed E-state index contributed by atoms with van der Waals surface area (Å²) in [6.45, 7) is 0. The lowest BCUT2D eigenvalue weighted by Gasteiger charge is -2.07. The van der Waals surface area contributed by atoms with Gasteiger partial charge in [0.25, 0.3) is 0 Å². The lowest BCUT2D eigenvalue weighted by molar-refractivity contribution is 0.386. The van der Waals surface area contributed by atoms with Crippen molar-refractivity contribution < 1.29 is 13.5 Å². The van der Waals surface area contributed by atoms with Crippen LogP contribution in [0, 0.1) is 17.7 Å². The van der Waals surface area contributed by atoms with Crippen LogP contribution >= 0.6 is 11.6 Å². The third-order valence-electron chi connectivity index (χ3n) is 2.35. The maximum atomic E-state index is 13.5. The molecule has 0 heterocycles. The van der Waals surface area contributed by atoms with Crippen LogP contribution in [-0.4, -0.2) is 7.11 Å². The zero-order valence-corrected chi connectivity index (χ0v) is 9.68. The highest BCUT2D eigenvalue weighted by Crippen LogP contribution is 2.31. The largest absolute Gasteiger partial charge is 0.494 e. The van der Waals surface area contributed by atoms with Gasteiger partial charge in [-0.05, 0) is 17.7 Å². The van der Waals surface area contributed by atoms with Crippen molar-refractivity contribution in [3.05, 3.63) is 53.1 Å². The van der Waals surface area contributed by atoms with Gasteiger partial charge in [0.2, 0.25) is 0 Å². The summed E-state index contributed by atoms with van der Waals surface area (Å²) < 4.78 is 31.5. The molecule has 0 spiro atoms. The first-order valence-electron chi connectivity index (χ1n) is 4.83. The van der Waals surface area contributed by atoms with Crippen LogP contribution in [0.2, 0.25) is 5.02 Å².